The third-order valence-electron chi connectivity index (χ3n) is 4.52. The Labute approximate surface area is 183 Å². The number of halogens is 3. The first-order valence-corrected chi connectivity index (χ1v) is 9.48. The maximum Gasteiger partial charge on any atom is 0.586 e. The second-order valence-corrected chi connectivity index (χ2v) is 7.12. The van der Waals surface area contributed by atoms with Gasteiger partial charge in [0.2, 0.25) is 5.88 Å². The minimum atomic E-state index is -3.92. The van der Waals surface area contributed by atoms with Gasteiger partial charge in [-0.25, -0.2) is 0 Å². The summed E-state index contributed by atoms with van der Waals surface area (Å²) in [4.78, 5) is 24.1. The minimum Gasteiger partial charge on any atom is -0.493 e. The lowest BCUT2D eigenvalue weighted by Crippen LogP contribution is -2.31. The summed E-state index contributed by atoms with van der Waals surface area (Å²) in [5.74, 6) is -3.23. The van der Waals surface area contributed by atoms with E-state index in [1.54, 1.807) is 24.3 Å². The molecule has 0 radical (unpaired) electrons. The van der Waals surface area contributed by atoms with Crippen molar-refractivity contribution in [2.24, 2.45) is 0 Å². The number of alkyl halides is 2. The topological polar surface area (TPSA) is 123 Å². The van der Waals surface area contributed by atoms with Crippen LogP contribution in [0.1, 0.15) is 28.5 Å². The summed E-state index contributed by atoms with van der Waals surface area (Å²) in [6.45, 7) is 0. The summed E-state index contributed by atoms with van der Waals surface area (Å²) < 4.78 is 36.9. The normalized spacial score (nSPS) is 14.7. The lowest BCUT2D eigenvalue weighted by Gasteiger charge is -2.18. The predicted molar refractivity (Wildman–Crippen MR) is 105 cm³/mol. The van der Waals surface area contributed by atoms with E-state index in [0.717, 1.165) is 10.7 Å². The van der Waals surface area contributed by atoms with Gasteiger partial charge in [-0.15, -0.1) is 8.78 Å². The number of aliphatic carboxylic acids is 1. The van der Waals surface area contributed by atoms with Crippen LogP contribution in [-0.4, -0.2) is 38.2 Å². The molecule has 32 heavy (non-hydrogen) atoms. The highest BCUT2D eigenvalue weighted by Gasteiger charge is 2.45. The van der Waals surface area contributed by atoms with Crippen LogP contribution in [0.5, 0.6) is 17.4 Å². The molecule has 3 N–H and O–H groups in total. The highest BCUT2D eigenvalue weighted by Crippen LogP contribution is 2.45. The van der Waals surface area contributed by atoms with Gasteiger partial charge in [0.25, 0.3) is 5.91 Å². The predicted octanol–water partition coefficient (Wildman–Crippen LogP) is 3.50. The van der Waals surface area contributed by atoms with Gasteiger partial charge >= 0.3 is 12.3 Å². The van der Waals surface area contributed by atoms with Crippen LogP contribution in [0.4, 0.5) is 8.78 Å². The van der Waals surface area contributed by atoms with Crippen molar-refractivity contribution in [3.8, 4) is 23.1 Å². The fourth-order valence-electron chi connectivity index (χ4n) is 3.19. The number of carboxylic acid groups (broad SMARTS) is 1. The second-order valence-electron chi connectivity index (χ2n) is 6.72. The Bertz CT molecular complexity index is 1220. The number of nitrogens with zero attached hydrogens (tertiary/aromatic N) is 2. The van der Waals surface area contributed by atoms with Gasteiger partial charge in [0, 0.05) is 11.6 Å². The van der Waals surface area contributed by atoms with E-state index in [1.807, 2.05) is 0 Å². The van der Waals surface area contributed by atoms with E-state index in [2.05, 4.69) is 19.9 Å². The lowest BCUT2D eigenvalue weighted by atomic mass is 10.0. The van der Waals surface area contributed by atoms with Crippen molar-refractivity contribution in [2.75, 3.05) is 0 Å². The average molecular weight is 466 g/mol. The van der Waals surface area contributed by atoms with Crippen LogP contribution >= 0.6 is 11.6 Å². The van der Waals surface area contributed by atoms with E-state index >= 15 is 0 Å². The van der Waals surface area contributed by atoms with Gasteiger partial charge in [0.1, 0.15) is 0 Å². The van der Waals surface area contributed by atoms with Crippen molar-refractivity contribution in [3.63, 3.8) is 0 Å². The molecular formula is C20H14ClF2N3O6. The quantitative estimate of drug-likeness (QED) is 0.509. The molecule has 1 aromatic heterocycles. The molecule has 0 spiro atoms. The highest BCUT2D eigenvalue weighted by atomic mass is 35.5. The van der Waals surface area contributed by atoms with E-state index < -0.39 is 36.5 Å². The monoisotopic (exact) mass is 465 g/mol. The summed E-state index contributed by atoms with van der Waals surface area (Å²) in [6, 6.07) is 10.2. The molecule has 1 aliphatic rings. The van der Waals surface area contributed by atoms with Gasteiger partial charge in [-0.2, -0.15) is 9.78 Å². The molecule has 1 aliphatic heterocycles. The molecule has 12 heteroatoms. The largest absolute Gasteiger partial charge is 0.586 e. The zero-order valence-corrected chi connectivity index (χ0v) is 16.7. The first kappa shape index (κ1) is 21.4. The number of carbonyl (C=O) groups is 2. The number of hydrogen-bond donors (Lipinski definition) is 3. The third kappa shape index (κ3) is 4.14. The summed E-state index contributed by atoms with van der Waals surface area (Å²) in [6.07, 6.45) is -4.57. The smallest absolute Gasteiger partial charge is 0.493 e. The maximum absolute atomic E-state index is 13.5. The van der Waals surface area contributed by atoms with Gasteiger partial charge in [0.15, 0.2) is 17.2 Å². The van der Waals surface area contributed by atoms with E-state index in [-0.39, 0.29) is 27.8 Å². The SMILES string of the molecule is O=C(O)CC(NC(=O)c1cc(O)n(-c2ccccc2Cl)n1)c1cccc2c1OC(F)(F)O2. The molecule has 1 atom stereocenters. The average Bonchev–Trinajstić information content (AvgIpc) is 3.25. The Morgan fingerprint density at radius 2 is 1.94 bits per heavy atom. The summed E-state index contributed by atoms with van der Waals surface area (Å²) in [7, 11) is 0. The summed E-state index contributed by atoms with van der Waals surface area (Å²) in [5.41, 5.74) is 0.0273. The van der Waals surface area contributed by atoms with Crippen LogP contribution in [-0.2, 0) is 4.79 Å². The molecule has 2 heterocycles. The molecule has 4 rings (SSSR count). The molecule has 0 fully saturated rings. The fourth-order valence-corrected chi connectivity index (χ4v) is 3.41. The molecule has 0 bridgehead atoms. The molecule has 1 amide bonds. The number of aromatic hydroxyl groups is 1. The number of fused-ring (bicyclic) bond motifs is 1. The number of hydrogen-bond acceptors (Lipinski definition) is 6. The number of carboxylic acids is 1. The van der Waals surface area contributed by atoms with Gasteiger partial charge in [-0.1, -0.05) is 35.9 Å². The molecule has 9 nitrogen and oxygen atoms in total. The third-order valence-corrected chi connectivity index (χ3v) is 4.84. The molecule has 2 aromatic carbocycles. The molecule has 1 unspecified atom stereocenters. The molecule has 166 valence electrons. The van der Waals surface area contributed by atoms with Gasteiger partial charge in [-0.05, 0) is 18.2 Å². The van der Waals surface area contributed by atoms with Crippen molar-refractivity contribution < 1.29 is 38.1 Å². The number of aromatic nitrogens is 2. The number of nitrogens with one attached hydrogen (secondary N) is 1. The first-order chi connectivity index (χ1) is 15.1. The Morgan fingerprint density at radius 3 is 2.66 bits per heavy atom. The highest BCUT2D eigenvalue weighted by molar-refractivity contribution is 6.32. The van der Waals surface area contributed by atoms with Crippen LogP contribution in [0.2, 0.25) is 5.02 Å². The number of rotatable bonds is 6. The van der Waals surface area contributed by atoms with Crippen LogP contribution in [0.3, 0.4) is 0 Å². The van der Waals surface area contributed by atoms with Crippen LogP contribution in [0.25, 0.3) is 5.69 Å². The van der Waals surface area contributed by atoms with E-state index in [0.29, 0.717) is 5.69 Å². The van der Waals surface area contributed by atoms with Gasteiger partial charge < -0.3 is 25.0 Å². The van der Waals surface area contributed by atoms with Crippen LogP contribution < -0.4 is 14.8 Å². The number of ether oxygens (including phenoxy) is 2. The number of carbonyl (C=O) groups excluding carboxylic acids is 1. The zero-order valence-electron chi connectivity index (χ0n) is 16.0. The Morgan fingerprint density at radius 1 is 1.19 bits per heavy atom. The van der Waals surface area contributed by atoms with Crippen molar-refractivity contribution in [2.45, 2.75) is 18.8 Å². The number of para-hydroxylation sites is 2. The Hall–Kier alpha value is -3.86. The Kier molecular flexibility index (Phi) is 5.35. The summed E-state index contributed by atoms with van der Waals surface area (Å²) in [5, 5.41) is 26.1. The standard InChI is InChI=1S/C20H14ClF2N3O6/c21-11-5-1-2-6-14(11)26-16(27)8-13(25-26)19(30)24-12(9-17(28)29)10-4-3-7-15-18(10)32-20(22,23)31-15/h1-8,12,27H,9H2,(H,24,30)(H,28,29). The van der Waals surface area contributed by atoms with E-state index in [1.165, 1.54) is 18.2 Å². The van der Waals surface area contributed by atoms with Crippen molar-refractivity contribution in [1.82, 2.24) is 15.1 Å². The number of benzene rings is 2. The Balaban J connectivity index is 1.64. The van der Waals surface area contributed by atoms with Crippen LogP contribution in [0, 0.1) is 0 Å². The van der Waals surface area contributed by atoms with Crippen molar-refractivity contribution >= 4 is 23.5 Å². The molecule has 0 aliphatic carbocycles. The summed E-state index contributed by atoms with van der Waals surface area (Å²) >= 11 is 6.09. The first-order valence-electron chi connectivity index (χ1n) is 9.10. The van der Waals surface area contributed by atoms with E-state index in [4.69, 9.17) is 11.6 Å². The van der Waals surface area contributed by atoms with Crippen molar-refractivity contribution in [1.29, 1.82) is 0 Å². The second kappa shape index (κ2) is 8.00. The van der Waals surface area contributed by atoms with Gasteiger partial charge in [0.05, 0.1) is 23.2 Å². The molecule has 3 aromatic rings. The minimum absolute atomic E-state index is 0.0230. The fraction of sp³-hybridized carbons (Fsp3) is 0.150. The van der Waals surface area contributed by atoms with Crippen molar-refractivity contribution in [3.05, 3.63) is 64.8 Å². The molecule has 0 saturated heterocycles. The van der Waals surface area contributed by atoms with Crippen LogP contribution in [0.15, 0.2) is 48.5 Å². The molecule has 0 saturated carbocycles. The molecular weight excluding hydrogens is 452 g/mol. The van der Waals surface area contributed by atoms with E-state index in [9.17, 15) is 28.6 Å². The lowest BCUT2D eigenvalue weighted by molar-refractivity contribution is -0.287. The zero-order chi connectivity index (χ0) is 23.0. The number of amides is 1. The van der Waals surface area contributed by atoms with Gasteiger partial charge in [-0.3, -0.25) is 9.59 Å². The maximum atomic E-state index is 13.5.